The molecule has 0 aromatic carbocycles. The van der Waals surface area contributed by atoms with Crippen LogP contribution in [-0.4, -0.2) is 89.1 Å². The minimum absolute atomic E-state index is 0.113. The summed E-state index contributed by atoms with van der Waals surface area (Å²) >= 11 is 0. The molecular formula is C23H25FN4O6. The zero-order valence-electron chi connectivity index (χ0n) is 18.5. The number of anilines is 1. The molecule has 3 aromatic rings. The molecule has 3 aromatic heterocycles. The summed E-state index contributed by atoms with van der Waals surface area (Å²) in [5.41, 5.74) is 1.54. The van der Waals surface area contributed by atoms with Gasteiger partial charge in [-0.2, -0.15) is 4.98 Å². The number of β-amino-alcohol motifs (C(OH)–C–C–N with tert-alkyl or cyclic N) is 1. The van der Waals surface area contributed by atoms with Crippen LogP contribution in [0.3, 0.4) is 0 Å². The zero-order valence-corrected chi connectivity index (χ0v) is 18.5. The number of H-pyrrole nitrogens is 1. The van der Waals surface area contributed by atoms with E-state index in [0.717, 1.165) is 0 Å². The fraction of sp³-hybridized carbons (Fsp3) is 0.478. The van der Waals surface area contributed by atoms with Crippen LogP contribution in [-0.2, 0) is 9.47 Å². The zero-order chi connectivity index (χ0) is 23.4. The molecule has 0 saturated carbocycles. The highest BCUT2D eigenvalue weighted by molar-refractivity contribution is 5.82. The van der Waals surface area contributed by atoms with Crippen molar-refractivity contribution in [3.8, 4) is 23.0 Å². The summed E-state index contributed by atoms with van der Waals surface area (Å²) < 4.78 is 37.7. The summed E-state index contributed by atoms with van der Waals surface area (Å²) in [6.45, 7) is 1.69. The molecular weight excluding hydrogens is 447 g/mol. The number of halogens is 1. The Morgan fingerprint density at radius 1 is 1.15 bits per heavy atom. The van der Waals surface area contributed by atoms with E-state index < -0.39 is 18.0 Å². The Hall–Kier alpha value is -2.99. The van der Waals surface area contributed by atoms with E-state index in [-0.39, 0.29) is 43.1 Å². The minimum Gasteiger partial charge on any atom is -0.480 e. The third-order valence-electron chi connectivity index (χ3n) is 6.57. The van der Waals surface area contributed by atoms with Gasteiger partial charge in [0, 0.05) is 25.2 Å². The molecule has 6 rings (SSSR count). The Kier molecular flexibility index (Phi) is 5.29. The summed E-state index contributed by atoms with van der Waals surface area (Å²) in [6.07, 6.45) is -1.51. The van der Waals surface area contributed by atoms with Gasteiger partial charge in [-0.05, 0) is 18.6 Å². The average molecular weight is 472 g/mol. The molecule has 5 atom stereocenters. The number of ether oxygens (including phenoxy) is 4. The molecule has 11 heteroatoms. The van der Waals surface area contributed by atoms with Crippen molar-refractivity contribution in [1.29, 1.82) is 0 Å². The summed E-state index contributed by atoms with van der Waals surface area (Å²) in [4.78, 5) is 14.0. The van der Waals surface area contributed by atoms with Gasteiger partial charge in [0.25, 0.3) is 0 Å². The van der Waals surface area contributed by atoms with Gasteiger partial charge in [0.15, 0.2) is 17.8 Å². The molecule has 0 unspecified atom stereocenters. The van der Waals surface area contributed by atoms with Gasteiger partial charge in [-0.25, -0.2) is 9.37 Å². The van der Waals surface area contributed by atoms with Crippen molar-refractivity contribution in [2.24, 2.45) is 0 Å². The molecule has 34 heavy (non-hydrogen) atoms. The second-order valence-corrected chi connectivity index (χ2v) is 8.82. The second-order valence-electron chi connectivity index (χ2n) is 8.82. The fourth-order valence-electron chi connectivity index (χ4n) is 4.86. The molecule has 10 nitrogen and oxygen atoms in total. The van der Waals surface area contributed by atoms with Crippen LogP contribution in [0.4, 0.5) is 10.2 Å². The quantitative estimate of drug-likeness (QED) is 0.504. The Labute approximate surface area is 194 Å². The number of hydrogen-bond donors (Lipinski definition) is 3. The number of aliphatic hydroxyl groups excluding tert-OH is 2. The van der Waals surface area contributed by atoms with Crippen LogP contribution in [0.15, 0.2) is 24.3 Å². The third-order valence-corrected chi connectivity index (χ3v) is 6.57. The Balaban J connectivity index is 1.28. The summed E-state index contributed by atoms with van der Waals surface area (Å²) in [6, 6.07) is 6.56. The van der Waals surface area contributed by atoms with Crippen LogP contribution in [0.2, 0.25) is 0 Å². The molecule has 180 valence electrons. The van der Waals surface area contributed by atoms with E-state index >= 15 is 4.39 Å². The number of fused-ring (bicyclic) bond motifs is 2. The Morgan fingerprint density at radius 3 is 2.79 bits per heavy atom. The van der Waals surface area contributed by atoms with E-state index in [1.807, 2.05) is 4.90 Å². The van der Waals surface area contributed by atoms with Gasteiger partial charge in [0.05, 0.1) is 43.0 Å². The molecule has 3 saturated heterocycles. The molecule has 3 fully saturated rings. The van der Waals surface area contributed by atoms with E-state index in [9.17, 15) is 10.2 Å². The number of aromatic amines is 1. The maximum atomic E-state index is 15.1. The van der Waals surface area contributed by atoms with Gasteiger partial charge in [0.1, 0.15) is 29.8 Å². The van der Waals surface area contributed by atoms with Crippen LogP contribution < -0.4 is 14.4 Å². The normalized spacial score (nSPS) is 28.6. The van der Waals surface area contributed by atoms with Crippen LogP contribution >= 0.6 is 0 Å². The summed E-state index contributed by atoms with van der Waals surface area (Å²) in [7, 11) is 1.48. The van der Waals surface area contributed by atoms with E-state index in [1.165, 1.54) is 13.2 Å². The monoisotopic (exact) mass is 472 g/mol. The number of pyridine rings is 2. The first kappa shape index (κ1) is 21.5. The number of nitrogens with one attached hydrogen (secondary N) is 1. The second kappa shape index (κ2) is 8.35. The lowest BCUT2D eigenvalue weighted by molar-refractivity contribution is 0.00794. The number of rotatable bonds is 5. The van der Waals surface area contributed by atoms with Crippen molar-refractivity contribution in [3.63, 3.8) is 0 Å². The molecule has 0 bridgehead atoms. The van der Waals surface area contributed by atoms with Crippen molar-refractivity contribution in [1.82, 2.24) is 15.0 Å². The van der Waals surface area contributed by atoms with Crippen LogP contribution in [0, 0.1) is 5.82 Å². The standard InChI is InChI=1S/C23H25FN4O6/c1-31-23-12(2-3-18(27-23)28-5-4-11(29)8-28)20-13(24)6-14-15(26-20)7-19(25-14)34-17-10-33-21-16(30)9-32-22(17)21/h2-3,6-7,11,16-17,21-22,25,29-30H,4-5,8-10H2,1H3/t11-,16-,17-,21-,22-/m1/s1. The molecule has 0 radical (unpaired) electrons. The van der Waals surface area contributed by atoms with E-state index in [0.29, 0.717) is 47.8 Å². The van der Waals surface area contributed by atoms with Gasteiger partial charge in [-0.3, -0.25) is 0 Å². The van der Waals surface area contributed by atoms with Gasteiger partial charge < -0.3 is 39.0 Å². The lowest BCUT2D eigenvalue weighted by Gasteiger charge is -2.18. The molecule has 3 N–H and O–H groups in total. The van der Waals surface area contributed by atoms with Gasteiger partial charge in [0.2, 0.25) is 5.88 Å². The number of hydrogen-bond acceptors (Lipinski definition) is 9. The minimum atomic E-state index is -0.662. The number of methoxy groups -OCH3 is 1. The highest BCUT2D eigenvalue weighted by Gasteiger charge is 2.48. The van der Waals surface area contributed by atoms with Crippen LogP contribution in [0.25, 0.3) is 22.3 Å². The van der Waals surface area contributed by atoms with Crippen molar-refractivity contribution in [3.05, 3.63) is 30.1 Å². The number of aromatic nitrogens is 3. The lowest BCUT2D eigenvalue weighted by atomic mass is 10.1. The summed E-state index contributed by atoms with van der Waals surface area (Å²) in [5, 5.41) is 19.7. The molecule has 3 aliphatic heterocycles. The average Bonchev–Trinajstić information content (AvgIpc) is 3.60. The molecule has 0 aliphatic carbocycles. The Morgan fingerprint density at radius 2 is 2.00 bits per heavy atom. The third kappa shape index (κ3) is 3.65. The molecule has 6 heterocycles. The number of nitrogens with zero attached hydrogens (tertiary/aromatic N) is 3. The maximum absolute atomic E-state index is 15.1. The predicted octanol–water partition coefficient (Wildman–Crippen LogP) is 1.25. The van der Waals surface area contributed by atoms with Gasteiger partial charge in [-0.15, -0.1) is 0 Å². The molecule has 0 amide bonds. The Bertz CT molecular complexity index is 1220. The van der Waals surface area contributed by atoms with Gasteiger partial charge >= 0.3 is 0 Å². The lowest BCUT2D eigenvalue weighted by Crippen LogP contribution is -2.34. The molecule has 0 spiro atoms. The first-order valence-corrected chi connectivity index (χ1v) is 11.3. The first-order chi connectivity index (χ1) is 16.5. The van der Waals surface area contributed by atoms with E-state index in [2.05, 4.69) is 15.0 Å². The van der Waals surface area contributed by atoms with Gasteiger partial charge in [-0.1, -0.05) is 0 Å². The number of aliphatic hydroxyl groups is 2. The largest absolute Gasteiger partial charge is 0.480 e. The SMILES string of the molecule is COc1nc(N2CC[C@@H](O)C2)ccc1-c1nc2cc(O[C@@H]3CO[C@H]4[C@@H]3OC[C@H]4O)[nH]c2cc1F. The molecule has 3 aliphatic rings. The summed E-state index contributed by atoms with van der Waals surface area (Å²) in [5.74, 6) is 0.790. The van der Waals surface area contributed by atoms with Crippen molar-refractivity contribution < 1.29 is 33.6 Å². The topological polar surface area (TPSA) is 122 Å². The van der Waals surface area contributed by atoms with E-state index in [1.54, 1.807) is 18.2 Å². The van der Waals surface area contributed by atoms with Crippen molar-refractivity contribution in [2.45, 2.75) is 36.9 Å². The smallest absolute Gasteiger partial charge is 0.224 e. The van der Waals surface area contributed by atoms with Crippen molar-refractivity contribution >= 4 is 16.9 Å². The fourth-order valence-corrected chi connectivity index (χ4v) is 4.86. The van der Waals surface area contributed by atoms with E-state index in [4.69, 9.17) is 18.9 Å². The van der Waals surface area contributed by atoms with Crippen LogP contribution in [0.1, 0.15) is 6.42 Å². The highest BCUT2D eigenvalue weighted by Crippen LogP contribution is 2.35. The van der Waals surface area contributed by atoms with Crippen molar-refractivity contribution in [2.75, 3.05) is 38.3 Å². The predicted molar refractivity (Wildman–Crippen MR) is 119 cm³/mol. The highest BCUT2D eigenvalue weighted by atomic mass is 19.1. The van der Waals surface area contributed by atoms with Crippen LogP contribution in [0.5, 0.6) is 11.8 Å². The maximum Gasteiger partial charge on any atom is 0.224 e. The first-order valence-electron chi connectivity index (χ1n) is 11.3.